The summed E-state index contributed by atoms with van der Waals surface area (Å²) in [5, 5.41) is 2.39. The van der Waals surface area contributed by atoms with Crippen molar-refractivity contribution in [3.63, 3.8) is 0 Å². The molecule has 384 valence electrons. The molecule has 0 spiro atoms. The number of aromatic nitrogens is 2. The molecule has 14 heteroatoms. The molecule has 0 amide bonds. The zero-order valence-electron chi connectivity index (χ0n) is 42.7. The summed E-state index contributed by atoms with van der Waals surface area (Å²) in [7, 11) is 6.44. The molecule has 2 N–H and O–H groups in total. The number of hydrogen-bond donors (Lipinski definition) is 2. The van der Waals surface area contributed by atoms with Gasteiger partial charge in [-0.15, -0.1) is 6.58 Å². The molecule has 0 bridgehead atoms. The summed E-state index contributed by atoms with van der Waals surface area (Å²) in [6.07, 6.45) is 10.6. The lowest BCUT2D eigenvalue weighted by Crippen LogP contribution is -2.35. The van der Waals surface area contributed by atoms with Gasteiger partial charge >= 0.3 is 11.9 Å². The number of allylic oxidation sites excluding steroid dienone is 1. The van der Waals surface area contributed by atoms with E-state index in [0.29, 0.717) is 52.5 Å². The van der Waals surface area contributed by atoms with Crippen LogP contribution in [0.2, 0.25) is 0 Å². The van der Waals surface area contributed by atoms with Gasteiger partial charge in [0.1, 0.15) is 0 Å². The van der Waals surface area contributed by atoms with Gasteiger partial charge in [-0.1, -0.05) is 54.1 Å². The summed E-state index contributed by atoms with van der Waals surface area (Å²) in [6.45, 7) is 17.5. The van der Waals surface area contributed by atoms with E-state index in [1.807, 2.05) is 18.2 Å². The van der Waals surface area contributed by atoms with E-state index in [4.69, 9.17) is 37.9 Å². The molecule has 0 aliphatic carbocycles. The van der Waals surface area contributed by atoms with E-state index in [2.05, 4.69) is 82.7 Å². The van der Waals surface area contributed by atoms with Gasteiger partial charge in [0.2, 0.25) is 0 Å². The molecule has 0 saturated carbocycles. The summed E-state index contributed by atoms with van der Waals surface area (Å²) in [6, 6.07) is 16.7. The number of nitrogens with one attached hydrogen (secondary N) is 2. The Morgan fingerprint density at radius 3 is 1.50 bits per heavy atom. The van der Waals surface area contributed by atoms with E-state index in [-0.39, 0.29) is 60.0 Å². The van der Waals surface area contributed by atoms with Gasteiger partial charge in [-0.05, 0) is 100 Å². The minimum atomic E-state index is -0.338. The monoisotopic (exact) mass is 969 g/mol. The smallest absolute Gasteiger partial charge is 0.314 e. The van der Waals surface area contributed by atoms with Crippen molar-refractivity contribution in [3.8, 4) is 0 Å². The van der Waals surface area contributed by atoms with Crippen LogP contribution in [0.4, 0.5) is 0 Å². The lowest BCUT2D eigenvalue weighted by molar-refractivity contribution is -0.144. The number of benzene rings is 2. The zero-order valence-corrected chi connectivity index (χ0v) is 42.7. The largest absolute Gasteiger partial charge is 0.469 e. The molecule has 4 aliphatic rings. The maximum Gasteiger partial charge on any atom is 0.314 e. The van der Waals surface area contributed by atoms with Crippen LogP contribution in [0, 0.1) is 23.7 Å². The second-order valence-electron chi connectivity index (χ2n) is 19.8. The Balaban J connectivity index is 0.000000207. The highest BCUT2D eigenvalue weighted by molar-refractivity contribution is 5.89. The van der Waals surface area contributed by atoms with Crippen LogP contribution in [0.15, 0.2) is 72.8 Å². The van der Waals surface area contributed by atoms with Crippen molar-refractivity contribution >= 4 is 33.7 Å². The number of para-hydroxylation sites is 2. The first-order valence-corrected chi connectivity index (χ1v) is 25.6. The number of ether oxygens (including phenoxy) is 8. The van der Waals surface area contributed by atoms with Crippen LogP contribution in [0.3, 0.4) is 0 Å². The van der Waals surface area contributed by atoms with Crippen molar-refractivity contribution in [1.82, 2.24) is 19.8 Å². The average molecular weight is 969 g/mol. The molecule has 4 aliphatic heterocycles. The van der Waals surface area contributed by atoms with Crippen molar-refractivity contribution < 1.29 is 47.5 Å². The lowest BCUT2D eigenvalue weighted by Gasteiger charge is -2.31. The first kappa shape index (κ1) is 53.4. The molecule has 6 atom stereocenters. The topological polar surface area (TPSA) is 146 Å². The van der Waals surface area contributed by atoms with Gasteiger partial charge in [0, 0.05) is 112 Å². The Hall–Kier alpha value is -4.38. The molecule has 2 aromatic heterocycles. The van der Waals surface area contributed by atoms with Crippen LogP contribution in [0.25, 0.3) is 21.8 Å². The normalized spacial score (nSPS) is 22.8. The number of esters is 2. The van der Waals surface area contributed by atoms with Gasteiger partial charge in [-0.3, -0.25) is 19.4 Å². The Bertz CT molecular complexity index is 2290. The van der Waals surface area contributed by atoms with Gasteiger partial charge in [0.25, 0.3) is 0 Å². The summed E-state index contributed by atoms with van der Waals surface area (Å²) in [4.78, 5) is 38.5. The maximum absolute atomic E-state index is 13.2. The van der Waals surface area contributed by atoms with Gasteiger partial charge in [-0.2, -0.15) is 0 Å². The molecule has 4 aromatic rings. The number of carbonyl (C=O) groups excluding carboxylic acids is 2. The third-order valence-electron chi connectivity index (χ3n) is 14.8. The third-order valence-corrected chi connectivity index (χ3v) is 14.8. The molecule has 8 rings (SSSR count). The van der Waals surface area contributed by atoms with Crippen molar-refractivity contribution in [1.29, 1.82) is 0 Å². The Morgan fingerprint density at radius 2 is 1.10 bits per heavy atom. The number of carbonyl (C=O) groups is 2. The van der Waals surface area contributed by atoms with Gasteiger partial charge in [0.15, 0.2) is 12.6 Å². The second kappa shape index (κ2) is 26.9. The van der Waals surface area contributed by atoms with Crippen molar-refractivity contribution in [2.24, 2.45) is 23.7 Å². The summed E-state index contributed by atoms with van der Waals surface area (Å²) in [5.74, 6) is -0.0796. The molecule has 14 nitrogen and oxygen atoms in total. The summed E-state index contributed by atoms with van der Waals surface area (Å²) >= 11 is 0. The van der Waals surface area contributed by atoms with Crippen LogP contribution in [0.5, 0.6) is 0 Å². The summed E-state index contributed by atoms with van der Waals surface area (Å²) in [5.41, 5.74) is 7.94. The van der Waals surface area contributed by atoms with E-state index in [1.54, 1.807) is 14.2 Å². The molecule has 0 radical (unpaired) electrons. The highest BCUT2D eigenvalue weighted by Gasteiger charge is 2.38. The number of aromatic amines is 2. The molecular formula is C56H80N4O10. The molecule has 2 saturated heterocycles. The van der Waals surface area contributed by atoms with Crippen LogP contribution in [-0.4, -0.2) is 152 Å². The quantitative estimate of drug-likeness (QED) is 0.0728. The molecule has 6 heterocycles. The fraction of sp³-hybridized carbons (Fsp3) is 0.607. The second-order valence-corrected chi connectivity index (χ2v) is 19.8. The minimum absolute atomic E-state index is 0.174. The van der Waals surface area contributed by atoms with Crippen molar-refractivity contribution in [3.05, 3.63) is 95.3 Å². The fourth-order valence-electron chi connectivity index (χ4n) is 11.4. The van der Waals surface area contributed by atoms with Crippen LogP contribution >= 0.6 is 0 Å². The number of methoxy groups -OCH3 is 4. The van der Waals surface area contributed by atoms with E-state index < -0.39 is 0 Å². The van der Waals surface area contributed by atoms with Gasteiger partial charge in [-0.25, -0.2) is 0 Å². The Morgan fingerprint density at radius 1 is 0.671 bits per heavy atom. The van der Waals surface area contributed by atoms with Gasteiger partial charge < -0.3 is 47.9 Å². The highest BCUT2D eigenvalue weighted by Crippen LogP contribution is 2.40. The van der Waals surface area contributed by atoms with E-state index in [9.17, 15) is 9.59 Å². The molecule has 2 aromatic carbocycles. The van der Waals surface area contributed by atoms with Crippen LogP contribution < -0.4 is 0 Å². The molecule has 4 unspecified atom stereocenters. The van der Waals surface area contributed by atoms with E-state index >= 15 is 0 Å². The number of rotatable bonds is 18. The number of nitrogens with zero attached hydrogens (tertiary/aromatic N) is 2. The minimum Gasteiger partial charge on any atom is -0.469 e. The maximum atomic E-state index is 13.2. The molecular weight excluding hydrogens is 889 g/mol. The highest BCUT2D eigenvalue weighted by atomic mass is 16.7. The number of hydrogen-bond acceptors (Lipinski definition) is 12. The zero-order chi connectivity index (χ0) is 49.4. The summed E-state index contributed by atoms with van der Waals surface area (Å²) < 4.78 is 45.1. The van der Waals surface area contributed by atoms with Gasteiger partial charge in [0.05, 0.1) is 52.5 Å². The fourth-order valence-corrected chi connectivity index (χ4v) is 11.4. The SMILES string of the molecule is C=CCN1CCc2c([nH]c3ccccc23)C(C(=O)OC)C[C@@H](CC(CCOC)C2OCCO2)C1.COCCC(C[C@@H]1CC(C(=O)OC)c2[nH]c3ccccc3c2CCN(CC=C(C)C)C1)C1OCCO1. The molecule has 2 fully saturated rings. The predicted octanol–water partition coefficient (Wildman–Crippen LogP) is 8.56. The van der Waals surface area contributed by atoms with Crippen LogP contribution in [0.1, 0.15) is 86.7 Å². The Kier molecular flexibility index (Phi) is 20.5. The number of H-pyrrole nitrogens is 2. The van der Waals surface area contributed by atoms with E-state index in [0.717, 1.165) is 100 Å². The first-order chi connectivity index (χ1) is 34.1. The third kappa shape index (κ3) is 14.0. The standard InChI is InChI=1S/C29H42N2O5.C27H38N2O5/c1-20(2)9-12-31-13-10-24-23-7-5-6-8-26(23)30-27(24)25(28(32)34-4)18-21(19-31)17-22(11-14-33-3)29-35-15-16-36-29;1-4-11-29-12-9-22-21-7-5-6-8-24(21)28-25(22)23(26(30)32-3)17-19(18-29)16-20(10-13-31-2)27-33-14-15-34-27/h5-9,21-22,25,29-30H,10-19H2,1-4H3;4-8,19-20,23,27-28H,1,9-18H2,2-3H3/t21-,22?,25?;19-,20?,23?/m11/s1. The van der Waals surface area contributed by atoms with Crippen LogP contribution in [-0.2, 0) is 60.3 Å². The van der Waals surface area contributed by atoms with Crippen molar-refractivity contribution in [2.75, 3.05) is 107 Å². The number of fused-ring (bicyclic) bond motifs is 6. The predicted molar refractivity (Wildman–Crippen MR) is 273 cm³/mol. The van der Waals surface area contributed by atoms with E-state index in [1.165, 1.54) is 41.7 Å². The first-order valence-electron chi connectivity index (χ1n) is 25.6. The van der Waals surface area contributed by atoms with Crippen molar-refractivity contribution in [2.45, 2.75) is 89.6 Å². The lowest BCUT2D eigenvalue weighted by atomic mass is 9.83. The Labute approximate surface area is 415 Å². The average Bonchev–Trinajstić information content (AvgIpc) is 4.22. The molecule has 70 heavy (non-hydrogen) atoms.